The van der Waals surface area contributed by atoms with Gasteiger partial charge in [-0.15, -0.1) is 0 Å². The number of aromatic nitrogens is 2. The molecule has 0 aliphatic heterocycles. The molecule has 94 valence electrons. The van der Waals surface area contributed by atoms with Crippen molar-refractivity contribution >= 4 is 11.8 Å². The number of rotatable bonds is 5. The molecule has 0 atom stereocenters. The van der Waals surface area contributed by atoms with Gasteiger partial charge in [0.1, 0.15) is 0 Å². The molecule has 0 amide bonds. The molecule has 0 bridgehead atoms. The third-order valence-corrected chi connectivity index (χ3v) is 3.91. The average molecular weight is 251 g/mol. The van der Waals surface area contributed by atoms with Gasteiger partial charge in [0, 0.05) is 30.5 Å². The molecule has 2 rings (SSSR count). The Morgan fingerprint density at radius 1 is 1.24 bits per heavy atom. The molecule has 4 heteroatoms. The van der Waals surface area contributed by atoms with Crippen LogP contribution in [0.4, 0.5) is 0 Å². The third-order valence-electron chi connectivity index (χ3n) is 3.16. The van der Waals surface area contributed by atoms with Crippen LogP contribution >= 0.6 is 11.8 Å². The van der Waals surface area contributed by atoms with Crippen LogP contribution in [0.1, 0.15) is 44.6 Å². The molecule has 17 heavy (non-hydrogen) atoms. The van der Waals surface area contributed by atoms with Crippen molar-refractivity contribution in [2.24, 2.45) is 0 Å². The van der Waals surface area contributed by atoms with E-state index in [0.29, 0.717) is 6.04 Å². The second kappa shape index (κ2) is 6.97. The van der Waals surface area contributed by atoms with Crippen LogP contribution in [0.3, 0.4) is 0 Å². The van der Waals surface area contributed by atoms with Gasteiger partial charge in [0.05, 0.1) is 0 Å². The van der Waals surface area contributed by atoms with Crippen LogP contribution in [0.25, 0.3) is 0 Å². The molecular formula is C13H21N3S. The first-order chi connectivity index (χ1) is 8.38. The minimum Gasteiger partial charge on any atom is -0.310 e. The molecule has 1 fully saturated rings. The molecule has 0 aromatic carbocycles. The van der Waals surface area contributed by atoms with Crippen molar-refractivity contribution in [3.05, 3.63) is 18.0 Å². The molecule has 1 aromatic heterocycles. The molecule has 0 spiro atoms. The van der Waals surface area contributed by atoms with Crippen molar-refractivity contribution in [2.45, 2.75) is 56.8 Å². The van der Waals surface area contributed by atoms with Gasteiger partial charge < -0.3 is 5.32 Å². The van der Waals surface area contributed by atoms with Gasteiger partial charge in [-0.3, -0.25) is 0 Å². The zero-order chi connectivity index (χ0) is 11.9. The third kappa shape index (κ3) is 4.28. The van der Waals surface area contributed by atoms with Crippen molar-refractivity contribution in [2.75, 3.05) is 5.75 Å². The number of nitrogens with zero attached hydrogens (tertiary/aromatic N) is 2. The maximum Gasteiger partial charge on any atom is 0.187 e. The maximum atomic E-state index is 4.34. The van der Waals surface area contributed by atoms with Crippen LogP contribution in [0, 0.1) is 0 Å². The van der Waals surface area contributed by atoms with Gasteiger partial charge in [0.15, 0.2) is 5.16 Å². The van der Waals surface area contributed by atoms with Crippen LogP contribution in [0.5, 0.6) is 0 Å². The summed E-state index contributed by atoms with van der Waals surface area (Å²) in [6, 6.07) is 0.702. The van der Waals surface area contributed by atoms with E-state index in [2.05, 4.69) is 22.2 Å². The Labute approximate surface area is 108 Å². The highest BCUT2D eigenvalue weighted by molar-refractivity contribution is 7.99. The Bertz CT molecular complexity index is 320. The van der Waals surface area contributed by atoms with E-state index in [-0.39, 0.29) is 0 Å². The molecule has 3 nitrogen and oxygen atoms in total. The van der Waals surface area contributed by atoms with Crippen molar-refractivity contribution in [1.82, 2.24) is 15.3 Å². The Morgan fingerprint density at radius 3 is 2.59 bits per heavy atom. The smallest absolute Gasteiger partial charge is 0.187 e. The summed E-state index contributed by atoms with van der Waals surface area (Å²) in [7, 11) is 0. The van der Waals surface area contributed by atoms with E-state index >= 15 is 0 Å². The quantitative estimate of drug-likeness (QED) is 0.645. The molecule has 1 N–H and O–H groups in total. The molecule has 0 unspecified atom stereocenters. The summed E-state index contributed by atoms with van der Waals surface area (Å²) in [6.07, 6.45) is 10.7. The summed E-state index contributed by atoms with van der Waals surface area (Å²) < 4.78 is 0. The Morgan fingerprint density at radius 2 is 1.94 bits per heavy atom. The summed E-state index contributed by atoms with van der Waals surface area (Å²) in [5.74, 6) is 1.03. The van der Waals surface area contributed by atoms with Gasteiger partial charge in [-0.25, -0.2) is 9.97 Å². The minimum atomic E-state index is 0.702. The fourth-order valence-corrected chi connectivity index (χ4v) is 2.72. The van der Waals surface area contributed by atoms with Crippen molar-refractivity contribution in [3.8, 4) is 0 Å². The summed E-state index contributed by atoms with van der Waals surface area (Å²) in [5.41, 5.74) is 1.19. The van der Waals surface area contributed by atoms with Gasteiger partial charge in [0.25, 0.3) is 0 Å². The molecule has 1 saturated carbocycles. The fraction of sp³-hybridized carbons (Fsp3) is 0.692. The zero-order valence-electron chi connectivity index (χ0n) is 10.5. The summed E-state index contributed by atoms with van der Waals surface area (Å²) in [4.78, 5) is 8.69. The number of thioether (sulfide) groups is 1. The van der Waals surface area contributed by atoms with E-state index in [1.54, 1.807) is 11.8 Å². The molecule has 1 heterocycles. The monoisotopic (exact) mass is 251 g/mol. The standard InChI is InChI=1S/C13H21N3S/c1-2-17-13-15-9-11(10-16-13)8-14-12-6-4-3-5-7-12/h9-10,12,14H,2-8H2,1H3. The fourth-order valence-electron chi connectivity index (χ4n) is 2.21. The highest BCUT2D eigenvalue weighted by atomic mass is 32.2. The lowest BCUT2D eigenvalue weighted by Gasteiger charge is -2.22. The molecule has 0 saturated heterocycles. The van der Waals surface area contributed by atoms with E-state index in [9.17, 15) is 0 Å². The predicted octanol–water partition coefficient (Wildman–Crippen LogP) is 3.01. The SMILES string of the molecule is CCSc1ncc(CNC2CCCCC2)cn1. The van der Waals surface area contributed by atoms with Crippen LogP contribution in [0.15, 0.2) is 17.6 Å². The second-order valence-electron chi connectivity index (χ2n) is 4.52. The van der Waals surface area contributed by atoms with Crippen molar-refractivity contribution in [1.29, 1.82) is 0 Å². The first kappa shape index (κ1) is 12.8. The highest BCUT2D eigenvalue weighted by Gasteiger charge is 2.12. The van der Waals surface area contributed by atoms with Crippen LogP contribution in [-0.2, 0) is 6.54 Å². The number of hydrogen-bond donors (Lipinski definition) is 1. The summed E-state index contributed by atoms with van der Waals surface area (Å²) >= 11 is 1.69. The predicted molar refractivity (Wildman–Crippen MR) is 72.1 cm³/mol. The lowest BCUT2D eigenvalue weighted by molar-refractivity contribution is 0.372. The molecular weight excluding hydrogens is 230 g/mol. The molecule has 1 aromatic rings. The average Bonchev–Trinajstić information content (AvgIpc) is 2.40. The second-order valence-corrected chi connectivity index (χ2v) is 5.75. The lowest BCUT2D eigenvalue weighted by Crippen LogP contribution is -2.30. The van der Waals surface area contributed by atoms with E-state index in [0.717, 1.165) is 17.5 Å². The van der Waals surface area contributed by atoms with Crippen LogP contribution < -0.4 is 5.32 Å². The van der Waals surface area contributed by atoms with E-state index in [4.69, 9.17) is 0 Å². The first-order valence-corrected chi connectivity index (χ1v) is 7.54. The Balaban J connectivity index is 1.77. The Hall–Kier alpha value is -0.610. The van der Waals surface area contributed by atoms with Gasteiger partial charge in [-0.1, -0.05) is 37.9 Å². The summed E-state index contributed by atoms with van der Waals surface area (Å²) in [6.45, 7) is 3.02. The van der Waals surface area contributed by atoms with Gasteiger partial charge in [-0.2, -0.15) is 0 Å². The van der Waals surface area contributed by atoms with Crippen molar-refractivity contribution in [3.63, 3.8) is 0 Å². The molecule has 1 aliphatic carbocycles. The van der Waals surface area contributed by atoms with Gasteiger partial charge >= 0.3 is 0 Å². The first-order valence-electron chi connectivity index (χ1n) is 6.55. The van der Waals surface area contributed by atoms with Crippen LogP contribution in [0.2, 0.25) is 0 Å². The summed E-state index contributed by atoms with van der Waals surface area (Å²) in [5, 5.41) is 4.49. The highest BCUT2D eigenvalue weighted by Crippen LogP contribution is 2.18. The topological polar surface area (TPSA) is 37.8 Å². The maximum absolute atomic E-state index is 4.34. The number of nitrogens with one attached hydrogen (secondary N) is 1. The van der Waals surface area contributed by atoms with Gasteiger partial charge in [-0.05, 0) is 18.6 Å². The largest absolute Gasteiger partial charge is 0.310 e. The van der Waals surface area contributed by atoms with E-state index in [1.807, 2.05) is 12.4 Å². The zero-order valence-corrected chi connectivity index (χ0v) is 11.3. The lowest BCUT2D eigenvalue weighted by atomic mass is 9.95. The van der Waals surface area contributed by atoms with Gasteiger partial charge in [0.2, 0.25) is 0 Å². The molecule has 1 aliphatic rings. The molecule has 0 radical (unpaired) electrons. The normalized spacial score (nSPS) is 17.2. The van der Waals surface area contributed by atoms with Crippen molar-refractivity contribution < 1.29 is 0 Å². The van der Waals surface area contributed by atoms with Crippen LogP contribution in [-0.4, -0.2) is 21.8 Å². The van der Waals surface area contributed by atoms with E-state index < -0.39 is 0 Å². The number of hydrogen-bond acceptors (Lipinski definition) is 4. The van der Waals surface area contributed by atoms with E-state index in [1.165, 1.54) is 37.7 Å². The minimum absolute atomic E-state index is 0.702. The Kier molecular flexibility index (Phi) is 5.26.